The number of hydrogen-bond donors (Lipinski definition) is 1. The Labute approximate surface area is 142 Å². The largest absolute Gasteiger partial charge is 0.334 e. The van der Waals surface area contributed by atoms with E-state index >= 15 is 0 Å². The molecule has 1 N–H and O–H groups in total. The van der Waals surface area contributed by atoms with Gasteiger partial charge in [-0.1, -0.05) is 35.3 Å². The van der Waals surface area contributed by atoms with Crippen molar-refractivity contribution in [3.63, 3.8) is 0 Å². The first-order chi connectivity index (χ1) is 11.1. The molecule has 0 saturated carbocycles. The van der Waals surface area contributed by atoms with Gasteiger partial charge in [-0.2, -0.15) is 0 Å². The van der Waals surface area contributed by atoms with Crippen LogP contribution in [0.3, 0.4) is 0 Å². The number of aromatic amines is 1. The molecule has 0 unspecified atom stereocenters. The average Bonchev–Trinajstić information content (AvgIpc) is 2.99. The number of amides is 1. The second kappa shape index (κ2) is 5.51. The molecule has 1 aromatic carbocycles. The van der Waals surface area contributed by atoms with Gasteiger partial charge in [0.05, 0.1) is 10.5 Å². The lowest BCUT2D eigenvalue weighted by Crippen LogP contribution is -2.36. The van der Waals surface area contributed by atoms with Crippen molar-refractivity contribution in [2.75, 3.05) is 6.54 Å². The van der Waals surface area contributed by atoms with E-state index in [9.17, 15) is 4.79 Å². The van der Waals surface area contributed by atoms with Crippen molar-refractivity contribution in [3.8, 4) is 0 Å². The van der Waals surface area contributed by atoms with E-state index in [0.29, 0.717) is 41.0 Å². The monoisotopic (exact) mass is 346 g/mol. The second-order valence-corrected chi connectivity index (χ2v) is 6.23. The highest BCUT2D eigenvalue weighted by atomic mass is 35.5. The number of halogens is 2. The SMILES string of the molecule is O=C(c1nc2c(Cl)cccc2[nH]1)N1CCc2nc(Cl)ccc2C1. The number of rotatable bonds is 1. The summed E-state index contributed by atoms with van der Waals surface area (Å²) >= 11 is 12.0. The standard InChI is InChI=1S/C16H12Cl2N4O/c17-10-2-1-3-12-14(10)21-15(20-12)16(23)22-7-6-11-9(8-22)4-5-13(18)19-11/h1-5H,6-8H2,(H,20,21). The van der Waals surface area contributed by atoms with Crippen LogP contribution >= 0.6 is 23.2 Å². The maximum Gasteiger partial charge on any atom is 0.289 e. The number of nitrogens with one attached hydrogen (secondary N) is 1. The Kier molecular flexibility index (Phi) is 3.47. The van der Waals surface area contributed by atoms with Gasteiger partial charge >= 0.3 is 0 Å². The number of nitrogens with zero attached hydrogens (tertiary/aromatic N) is 3. The third-order valence-electron chi connectivity index (χ3n) is 3.97. The van der Waals surface area contributed by atoms with Crippen molar-refractivity contribution in [2.45, 2.75) is 13.0 Å². The molecule has 7 heteroatoms. The van der Waals surface area contributed by atoms with E-state index in [4.69, 9.17) is 23.2 Å². The Morgan fingerprint density at radius 3 is 2.87 bits per heavy atom. The normalized spacial score (nSPS) is 14.1. The van der Waals surface area contributed by atoms with Crippen LogP contribution in [0.15, 0.2) is 30.3 Å². The van der Waals surface area contributed by atoms with Gasteiger partial charge in [-0.05, 0) is 23.8 Å². The molecule has 0 fully saturated rings. The third kappa shape index (κ3) is 2.56. The van der Waals surface area contributed by atoms with Gasteiger partial charge in [-0.15, -0.1) is 0 Å². The summed E-state index contributed by atoms with van der Waals surface area (Å²) < 4.78 is 0. The molecule has 5 nitrogen and oxygen atoms in total. The van der Waals surface area contributed by atoms with Crippen LogP contribution in [0.4, 0.5) is 0 Å². The third-order valence-corrected chi connectivity index (χ3v) is 4.48. The minimum atomic E-state index is -0.141. The number of aromatic nitrogens is 3. The van der Waals surface area contributed by atoms with Crippen molar-refractivity contribution in [2.24, 2.45) is 0 Å². The van der Waals surface area contributed by atoms with Gasteiger partial charge in [0.2, 0.25) is 0 Å². The number of para-hydroxylation sites is 1. The summed E-state index contributed by atoms with van der Waals surface area (Å²) in [7, 11) is 0. The van der Waals surface area contributed by atoms with Crippen LogP contribution in [0.1, 0.15) is 21.9 Å². The fourth-order valence-corrected chi connectivity index (χ4v) is 3.19. The predicted octanol–water partition coefficient (Wildman–Crippen LogP) is 3.46. The minimum absolute atomic E-state index is 0.141. The minimum Gasteiger partial charge on any atom is -0.334 e. The molecule has 0 saturated heterocycles. The first kappa shape index (κ1) is 14.5. The van der Waals surface area contributed by atoms with E-state index in [1.54, 1.807) is 17.0 Å². The molecule has 1 aliphatic heterocycles. The Morgan fingerprint density at radius 2 is 2.04 bits per heavy atom. The fourth-order valence-electron chi connectivity index (χ4n) is 2.81. The molecular weight excluding hydrogens is 335 g/mol. The summed E-state index contributed by atoms with van der Waals surface area (Å²) in [4.78, 5) is 26.2. The molecule has 1 amide bonds. The van der Waals surface area contributed by atoms with Crippen molar-refractivity contribution in [1.29, 1.82) is 0 Å². The van der Waals surface area contributed by atoms with E-state index in [0.717, 1.165) is 16.8 Å². The van der Waals surface area contributed by atoms with E-state index in [2.05, 4.69) is 15.0 Å². The molecule has 0 bridgehead atoms. The summed E-state index contributed by atoms with van der Waals surface area (Å²) in [5, 5.41) is 1.01. The molecule has 0 aliphatic carbocycles. The first-order valence-electron chi connectivity index (χ1n) is 7.19. The lowest BCUT2D eigenvalue weighted by atomic mass is 10.1. The van der Waals surface area contributed by atoms with Crippen molar-refractivity contribution < 1.29 is 4.79 Å². The summed E-state index contributed by atoms with van der Waals surface area (Å²) in [6.07, 6.45) is 0.683. The highest BCUT2D eigenvalue weighted by Crippen LogP contribution is 2.23. The second-order valence-electron chi connectivity index (χ2n) is 5.44. The molecule has 0 spiro atoms. The van der Waals surface area contributed by atoms with Gasteiger partial charge in [0, 0.05) is 25.2 Å². The molecule has 0 atom stereocenters. The number of hydrogen-bond acceptors (Lipinski definition) is 3. The highest BCUT2D eigenvalue weighted by molar-refractivity contribution is 6.35. The molecule has 0 radical (unpaired) electrons. The van der Waals surface area contributed by atoms with Gasteiger partial charge in [0.1, 0.15) is 10.7 Å². The topological polar surface area (TPSA) is 61.9 Å². The smallest absolute Gasteiger partial charge is 0.289 e. The lowest BCUT2D eigenvalue weighted by Gasteiger charge is -2.27. The Balaban J connectivity index is 1.64. The molecular formula is C16H12Cl2N4O. The maximum atomic E-state index is 12.7. The maximum absolute atomic E-state index is 12.7. The van der Waals surface area contributed by atoms with Crippen LogP contribution in [0.2, 0.25) is 10.2 Å². The van der Waals surface area contributed by atoms with E-state index in [-0.39, 0.29) is 5.91 Å². The van der Waals surface area contributed by atoms with Crippen molar-refractivity contribution >= 4 is 40.1 Å². The molecule has 2 aromatic heterocycles. The molecule has 4 rings (SSSR count). The zero-order chi connectivity index (χ0) is 16.0. The summed E-state index contributed by atoms with van der Waals surface area (Å²) in [6, 6.07) is 9.09. The van der Waals surface area contributed by atoms with Crippen LogP contribution in [0.25, 0.3) is 11.0 Å². The predicted molar refractivity (Wildman–Crippen MR) is 88.8 cm³/mol. The summed E-state index contributed by atoms with van der Waals surface area (Å²) in [5.41, 5.74) is 3.34. The fraction of sp³-hybridized carbons (Fsp3) is 0.188. The quantitative estimate of drug-likeness (QED) is 0.686. The molecule has 3 heterocycles. The van der Waals surface area contributed by atoms with Gasteiger partial charge in [-0.25, -0.2) is 9.97 Å². The van der Waals surface area contributed by atoms with Gasteiger partial charge in [0.25, 0.3) is 5.91 Å². The molecule has 3 aromatic rings. The van der Waals surface area contributed by atoms with E-state index in [1.165, 1.54) is 0 Å². The highest BCUT2D eigenvalue weighted by Gasteiger charge is 2.25. The average molecular weight is 347 g/mol. The number of fused-ring (bicyclic) bond motifs is 2. The van der Waals surface area contributed by atoms with Crippen molar-refractivity contribution in [1.82, 2.24) is 19.9 Å². The summed E-state index contributed by atoms with van der Waals surface area (Å²) in [6.45, 7) is 1.09. The van der Waals surface area contributed by atoms with Crippen molar-refractivity contribution in [3.05, 3.63) is 57.6 Å². The number of benzene rings is 1. The van der Waals surface area contributed by atoms with Crippen LogP contribution in [-0.2, 0) is 13.0 Å². The number of carbonyl (C=O) groups excluding carboxylic acids is 1. The van der Waals surface area contributed by atoms with E-state index < -0.39 is 0 Å². The molecule has 116 valence electrons. The number of carbonyl (C=O) groups is 1. The zero-order valence-electron chi connectivity index (χ0n) is 12.0. The van der Waals surface area contributed by atoms with Gasteiger partial charge < -0.3 is 9.88 Å². The number of imidazole rings is 1. The van der Waals surface area contributed by atoms with Gasteiger partial charge in [-0.3, -0.25) is 4.79 Å². The number of pyridine rings is 1. The molecule has 23 heavy (non-hydrogen) atoms. The van der Waals surface area contributed by atoms with Gasteiger partial charge in [0.15, 0.2) is 5.82 Å². The number of H-pyrrole nitrogens is 1. The zero-order valence-corrected chi connectivity index (χ0v) is 13.5. The van der Waals surface area contributed by atoms with Crippen LogP contribution in [0.5, 0.6) is 0 Å². The van der Waals surface area contributed by atoms with Crippen LogP contribution < -0.4 is 0 Å². The van der Waals surface area contributed by atoms with Crippen LogP contribution in [0, 0.1) is 0 Å². The Morgan fingerprint density at radius 1 is 1.17 bits per heavy atom. The Bertz CT molecular complexity index is 922. The van der Waals surface area contributed by atoms with E-state index in [1.807, 2.05) is 18.2 Å². The molecule has 1 aliphatic rings. The first-order valence-corrected chi connectivity index (χ1v) is 7.95. The summed E-state index contributed by atoms with van der Waals surface area (Å²) in [5.74, 6) is 0.163. The Hall–Kier alpha value is -2.11. The lowest BCUT2D eigenvalue weighted by molar-refractivity contribution is 0.0722. The van der Waals surface area contributed by atoms with Crippen LogP contribution in [-0.4, -0.2) is 32.3 Å².